The number of nitrogens with one attached hydrogen (secondary N) is 1. The van der Waals surface area contributed by atoms with Gasteiger partial charge in [0.2, 0.25) is 5.91 Å². The monoisotopic (exact) mass is 746 g/mol. The number of aliphatic hydroxyl groups excluding tert-OH is 5. The Morgan fingerprint density at radius 1 is 0.660 bits per heavy atom. The van der Waals surface area contributed by atoms with Crippen LogP contribution in [0.5, 0.6) is 0 Å². The van der Waals surface area contributed by atoms with Gasteiger partial charge in [0.05, 0.1) is 25.4 Å². The lowest BCUT2D eigenvalue weighted by Gasteiger charge is -2.40. The molecule has 0 saturated carbocycles. The summed E-state index contributed by atoms with van der Waals surface area (Å²) in [4.78, 5) is 12.9. The van der Waals surface area contributed by atoms with Crippen molar-refractivity contribution >= 4 is 5.91 Å². The van der Waals surface area contributed by atoms with Gasteiger partial charge in [-0.3, -0.25) is 4.79 Å². The number of allylic oxidation sites excluding steroid dienone is 11. The maximum Gasteiger partial charge on any atom is 0.220 e. The summed E-state index contributed by atoms with van der Waals surface area (Å²) >= 11 is 0. The molecular weight excluding hydrogens is 670 g/mol. The third-order valence-corrected chi connectivity index (χ3v) is 9.29. The molecule has 0 aromatic rings. The van der Waals surface area contributed by atoms with Crippen molar-refractivity contribution in [3.05, 3.63) is 72.9 Å². The van der Waals surface area contributed by atoms with E-state index in [1.807, 2.05) is 6.08 Å². The van der Waals surface area contributed by atoms with Crippen LogP contribution in [0.1, 0.15) is 142 Å². The normalized spacial score (nSPS) is 22.4. The topological polar surface area (TPSA) is 149 Å². The van der Waals surface area contributed by atoms with Crippen molar-refractivity contribution in [1.82, 2.24) is 5.32 Å². The Balaban J connectivity index is 2.48. The van der Waals surface area contributed by atoms with Gasteiger partial charge in [-0.2, -0.15) is 0 Å². The molecule has 9 heteroatoms. The summed E-state index contributed by atoms with van der Waals surface area (Å²) in [6.07, 6.45) is 38.0. The summed E-state index contributed by atoms with van der Waals surface area (Å²) < 4.78 is 11.1. The molecule has 0 radical (unpaired) electrons. The molecule has 6 N–H and O–H groups in total. The zero-order valence-electron chi connectivity index (χ0n) is 33.0. The van der Waals surface area contributed by atoms with Gasteiger partial charge in [-0.1, -0.05) is 151 Å². The van der Waals surface area contributed by atoms with E-state index in [4.69, 9.17) is 9.47 Å². The fourth-order valence-electron chi connectivity index (χ4n) is 5.95. The number of carbonyl (C=O) groups excluding carboxylic acids is 1. The van der Waals surface area contributed by atoms with Crippen LogP contribution < -0.4 is 5.32 Å². The molecule has 1 aliphatic rings. The Labute approximate surface area is 321 Å². The van der Waals surface area contributed by atoms with Crippen molar-refractivity contribution in [2.75, 3.05) is 13.2 Å². The molecule has 1 heterocycles. The summed E-state index contributed by atoms with van der Waals surface area (Å²) in [7, 11) is 0. The molecule has 9 nitrogen and oxygen atoms in total. The Morgan fingerprint density at radius 3 is 1.72 bits per heavy atom. The van der Waals surface area contributed by atoms with Gasteiger partial charge in [-0.05, 0) is 57.8 Å². The molecule has 1 saturated heterocycles. The Kier molecular flexibility index (Phi) is 31.3. The van der Waals surface area contributed by atoms with Crippen molar-refractivity contribution < 1.29 is 39.8 Å². The molecule has 53 heavy (non-hydrogen) atoms. The molecule has 0 aromatic heterocycles. The van der Waals surface area contributed by atoms with E-state index in [9.17, 15) is 30.3 Å². The minimum Gasteiger partial charge on any atom is -0.394 e. The second kappa shape index (κ2) is 34.1. The van der Waals surface area contributed by atoms with Crippen LogP contribution in [-0.2, 0) is 14.3 Å². The molecule has 0 aliphatic carbocycles. The summed E-state index contributed by atoms with van der Waals surface area (Å²) in [6.45, 7) is 3.59. The van der Waals surface area contributed by atoms with E-state index in [0.717, 1.165) is 57.8 Å². The van der Waals surface area contributed by atoms with Gasteiger partial charge in [-0.25, -0.2) is 0 Å². The van der Waals surface area contributed by atoms with Crippen molar-refractivity contribution in [1.29, 1.82) is 0 Å². The molecule has 304 valence electrons. The average molecular weight is 746 g/mol. The Morgan fingerprint density at radius 2 is 1.17 bits per heavy atom. The molecular formula is C44H75NO8. The summed E-state index contributed by atoms with van der Waals surface area (Å²) in [6, 6.07) is -0.836. The number of rotatable bonds is 32. The van der Waals surface area contributed by atoms with Crippen LogP contribution in [0, 0.1) is 0 Å². The molecule has 7 atom stereocenters. The fourth-order valence-corrected chi connectivity index (χ4v) is 5.95. The van der Waals surface area contributed by atoms with E-state index in [1.165, 1.54) is 57.8 Å². The first kappa shape index (κ1) is 48.6. The number of unbranched alkanes of at least 4 members (excludes halogenated alkanes) is 12. The molecule has 1 aliphatic heterocycles. The average Bonchev–Trinajstić information content (AvgIpc) is 3.16. The van der Waals surface area contributed by atoms with Crippen molar-refractivity contribution in [2.45, 2.75) is 185 Å². The standard InChI is InChI=1S/C44H75NO8/c1-3-5-7-9-11-13-15-17-18-19-20-22-24-26-28-30-32-34-40(48)45-37(36-52-44-43(51)42(50)41(49)39(35-46)53-44)38(47)33-31-29-27-25-23-21-16-14-12-10-8-6-4-2/h5,7,11,13,17-18,20,22,26,28,31,33,37-39,41-44,46-47,49-51H,3-4,6,8-10,12,14-16,19,21,23-25,27,29-30,32,34-36H2,1-2H3,(H,45,48)/b7-5-,13-11-,18-17-,22-20-,28-26-,33-31+. The van der Waals surface area contributed by atoms with Crippen molar-refractivity contribution in [2.24, 2.45) is 0 Å². The molecule has 0 aromatic carbocycles. The number of aliphatic hydroxyl groups is 5. The zero-order chi connectivity index (χ0) is 38.8. The molecule has 7 unspecified atom stereocenters. The first-order valence-electron chi connectivity index (χ1n) is 20.7. The lowest BCUT2D eigenvalue weighted by molar-refractivity contribution is -0.302. The first-order chi connectivity index (χ1) is 25.8. The molecule has 1 amide bonds. The van der Waals surface area contributed by atoms with Gasteiger partial charge in [0.1, 0.15) is 24.4 Å². The highest BCUT2D eigenvalue weighted by molar-refractivity contribution is 5.76. The highest BCUT2D eigenvalue weighted by atomic mass is 16.7. The van der Waals surface area contributed by atoms with Crippen LogP contribution in [-0.4, -0.2) is 87.5 Å². The maximum atomic E-state index is 12.9. The largest absolute Gasteiger partial charge is 0.394 e. The highest BCUT2D eigenvalue weighted by Gasteiger charge is 2.44. The third kappa shape index (κ3) is 25.4. The smallest absolute Gasteiger partial charge is 0.220 e. The first-order valence-corrected chi connectivity index (χ1v) is 20.7. The summed E-state index contributed by atoms with van der Waals surface area (Å²) in [5, 5.41) is 54.0. The Hall–Kier alpha value is -2.37. The van der Waals surface area contributed by atoms with E-state index >= 15 is 0 Å². The zero-order valence-corrected chi connectivity index (χ0v) is 33.0. The second-order valence-corrected chi connectivity index (χ2v) is 14.0. The second-order valence-electron chi connectivity index (χ2n) is 14.0. The van der Waals surface area contributed by atoms with Gasteiger partial charge >= 0.3 is 0 Å². The van der Waals surface area contributed by atoms with Crippen molar-refractivity contribution in [3.63, 3.8) is 0 Å². The van der Waals surface area contributed by atoms with Crippen LogP contribution in [0.15, 0.2) is 72.9 Å². The predicted molar refractivity (Wildman–Crippen MR) is 216 cm³/mol. The summed E-state index contributed by atoms with van der Waals surface area (Å²) in [5.74, 6) is -0.238. The quantitative estimate of drug-likeness (QED) is 0.0302. The number of hydrogen-bond acceptors (Lipinski definition) is 8. The maximum absolute atomic E-state index is 12.9. The molecule has 0 bridgehead atoms. The summed E-state index contributed by atoms with van der Waals surface area (Å²) in [5.41, 5.74) is 0. The lowest BCUT2D eigenvalue weighted by Crippen LogP contribution is -2.60. The number of amides is 1. The van der Waals surface area contributed by atoms with E-state index in [2.05, 4.69) is 79.9 Å². The van der Waals surface area contributed by atoms with Gasteiger partial charge < -0.3 is 40.3 Å². The number of ether oxygens (including phenoxy) is 2. The van der Waals surface area contributed by atoms with Gasteiger partial charge in [0, 0.05) is 6.42 Å². The van der Waals surface area contributed by atoms with E-state index in [-0.39, 0.29) is 18.9 Å². The van der Waals surface area contributed by atoms with Crippen LogP contribution >= 0.6 is 0 Å². The van der Waals surface area contributed by atoms with Crippen LogP contribution in [0.3, 0.4) is 0 Å². The van der Waals surface area contributed by atoms with Crippen LogP contribution in [0.4, 0.5) is 0 Å². The molecule has 0 spiro atoms. The minimum atomic E-state index is -1.58. The SMILES string of the molecule is CC/C=C\C/C=C\C/C=C\C/C=C\C/C=C\CCCC(=O)NC(COC1OC(CO)C(O)C(O)C1O)C(O)/C=C/CCCCCCCCCCCCC. The van der Waals surface area contributed by atoms with Gasteiger partial charge in [-0.15, -0.1) is 0 Å². The van der Waals surface area contributed by atoms with Crippen LogP contribution in [0.25, 0.3) is 0 Å². The van der Waals surface area contributed by atoms with Gasteiger partial charge in [0.25, 0.3) is 0 Å². The molecule has 1 fully saturated rings. The fraction of sp³-hybridized carbons (Fsp3) is 0.705. The van der Waals surface area contributed by atoms with Crippen LogP contribution in [0.2, 0.25) is 0 Å². The number of hydrogen-bond donors (Lipinski definition) is 6. The van der Waals surface area contributed by atoms with E-state index in [1.54, 1.807) is 6.08 Å². The van der Waals surface area contributed by atoms with Crippen molar-refractivity contribution in [3.8, 4) is 0 Å². The van der Waals surface area contributed by atoms with E-state index < -0.39 is 49.5 Å². The molecule has 1 rings (SSSR count). The highest BCUT2D eigenvalue weighted by Crippen LogP contribution is 2.22. The predicted octanol–water partition coefficient (Wildman–Crippen LogP) is 7.83. The lowest BCUT2D eigenvalue weighted by atomic mass is 9.99. The third-order valence-electron chi connectivity index (χ3n) is 9.29. The Bertz CT molecular complexity index is 1050. The minimum absolute atomic E-state index is 0.215. The van der Waals surface area contributed by atoms with Gasteiger partial charge in [0.15, 0.2) is 6.29 Å². The number of carbonyl (C=O) groups is 1. The van der Waals surface area contributed by atoms with E-state index in [0.29, 0.717) is 6.42 Å².